The average Bonchev–Trinajstić information content (AvgIpc) is 3.80. The summed E-state index contributed by atoms with van der Waals surface area (Å²) >= 11 is 0. The number of hydrogen-bond acceptors (Lipinski definition) is 3. The second-order valence-electron chi connectivity index (χ2n) is 12.8. The molecule has 0 atom stereocenters. The summed E-state index contributed by atoms with van der Waals surface area (Å²) in [5, 5.41) is 4.65. The van der Waals surface area contributed by atoms with Crippen molar-refractivity contribution < 1.29 is 4.42 Å². The molecule has 4 nitrogen and oxygen atoms in total. The van der Waals surface area contributed by atoms with Crippen LogP contribution in [0.1, 0.15) is 0 Å². The molecule has 4 heteroatoms. The predicted octanol–water partition coefficient (Wildman–Crippen LogP) is 12.9. The first-order chi connectivity index (χ1) is 25.3. The first-order valence-electron chi connectivity index (χ1n) is 17.2. The Balaban J connectivity index is 1.17. The molecule has 0 saturated carbocycles. The van der Waals surface area contributed by atoms with Gasteiger partial charge >= 0.3 is 0 Å². The molecule has 10 rings (SSSR count). The van der Waals surface area contributed by atoms with E-state index in [1.807, 2.05) is 36.4 Å². The predicted molar refractivity (Wildman–Crippen MR) is 211 cm³/mol. The summed E-state index contributed by atoms with van der Waals surface area (Å²) in [6.07, 6.45) is 0. The van der Waals surface area contributed by atoms with E-state index in [1.54, 1.807) is 0 Å². The van der Waals surface area contributed by atoms with E-state index in [2.05, 4.69) is 161 Å². The van der Waals surface area contributed by atoms with E-state index in [0.29, 0.717) is 5.89 Å². The van der Waals surface area contributed by atoms with Crippen molar-refractivity contribution >= 4 is 60.7 Å². The van der Waals surface area contributed by atoms with Crippen molar-refractivity contribution in [2.75, 3.05) is 4.90 Å². The van der Waals surface area contributed by atoms with Gasteiger partial charge in [0.25, 0.3) is 0 Å². The summed E-state index contributed by atoms with van der Waals surface area (Å²) in [6.45, 7) is 0. The Morgan fingerprint density at radius 2 is 1.06 bits per heavy atom. The third-order valence-corrected chi connectivity index (χ3v) is 9.81. The number of para-hydroxylation sites is 3. The molecule has 51 heavy (non-hydrogen) atoms. The largest absolute Gasteiger partial charge is 0.436 e. The monoisotopic (exact) mass is 653 g/mol. The van der Waals surface area contributed by atoms with E-state index in [-0.39, 0.29) is 0 Å². The van der Waals surface area contributed by atoms with Crippen molar-refractivity contribution in [3.05, 3.63) is 188 Å². The Morgan fingerprint density at radius 1 is 0.471 bits per heavy atom. The van der Waals surface area contributed by atoms with E-state index in [0.717, 1.165) is 61.3 Å². The molecule has 0 N–H and O–H groups in total. The van der Waals surface area contributed by atoms with E-state index in [9.17, 15) is 0 Å². The SMILES string of the molecule is c1ccc(-c2nc3c(ccc4ccc(N(c5ccc(-n6c7ccccc7c7ccccc76)cc5)c5ccccc5-c5ccccc5)cc43)o2)cc1. The lowest BCUT2D eigenvalue weighted by Gasteiger charge is -2.28. The number of fused-ring (bicyclic) bond motifs is 6. The average molecular weight is 654 g/mol. The molecule has 10 aromatic rings. The van der Waals surface area contributed by atoms with Crippen LogP contribution < -0.4 is 4.90 Å². The summed E-state index contributed by atoms with van der Waals surface area (Å²) < 4.78 is 8.65. The molecule has 0 fully saturated rings. The van der Waals surface area contributed by atoms with E-state index in [1.165, 1.54) is 21.8 Å². The minimum absolute atomic E-state index is 0.621. The molecule has 0 amide bonds. The Hall–Kier alpha value is -6.91. The molecule has 2 aromatic heterocycles. The first kappa shape index (κ1) is 29.0. The maximum Gasteiger partial charge on any atom is 0.227 e. The fraction of sp³-hybridized carbons (Fsp3) is 0. The molecule has 0 unspecified atom stereocenters. The highest BCUT2D eigenvalue weighted by Crippen LogP contribution is 2.43. The lowest BCUT2D eigenvalue weighted by Crippen LogP contribution is -2.11. The van der Waals surface area contributed by atoms with E-state index in [4.69, 9.17) is 9.40 Å². The number of benzene rings is 8. The van der Waals surface area contributed by atoms with Crippen LogP contribution in [-0.4, -0.2) is 9.55 Å². The number of anilines is 3. The van der Waals surface area contributed by atoms with Crippen LogP contribution in [-0.2, 0) is 0 Å². The Morgan fingerprint density at radius 3 is 1.78 bits per heavy atom. The van der Waals surface area contributed by atoms with Crippen LogP contribution in [0.3, 0.4) is 0 Å². The van der Waals surface area contributed by atoms with Crippen LogP contribution in [0.25, 0.3) is 71.9 Å². The zero-order chi connectivity index (χ0) is 33.7. The Labute approximate surface area is 295 Å². The Kier molecular flexibility index (Phi) is 6.78. The van der Waals surface area contributed by atoms with Crippen molar-refractivity contribution in [1.29, 1.82) is 0 Å². The number of oxazole rings is 1. The van der Waals surface area contributed by atoms with Crippen molar-refractivity contribution in [2.24, 2.45) is 0 Å². The molecular formula is C47H31N3O. The van der Waals surface area contributed by atoms with Gasteiger partial charge in [-0.1, -0.05) is 115 Å². The molecule has 0 aliphatic rings. The standard InChI is InChI=1S/C47H31N3O/c1-3-13-32(14-4-1)38-17-7-10-20-42(38)49(35-26-28-36(29-27-35)50-43-21-11-8-18-39(43)40-19-9-12-22-44(40)50)37-25-23-33-24-30-45-46(41(33)31-37)48-47(51-45)34-15-5-2-6-16-34/h1-31H. The van der Waals surface area contributed by atoms with Crippen LogP contribution in [0, 0.1) is 0 Å². The maximum absolute atomic E-state index is 6.29. The number of hydrogen-bond donors (Lipinski definition) is 0. The number of nitrogens with zero attached hydrogens (tertiary/aromatic N) is 3. The van der Waals surface area contributed by atoms with Crippen LogP contribution in [0.5, 0.6) is 0 Å². The van der Waals surface area contributed by atoms with Crippen LogP contribution in [0.2, 0.25) is 0 Å². The zero-order valence-electron chi connectivity index (χ0n) is 27.6. The quantitative estimate of drug-likeness (QED) is 0.179. The van der Waals surface area contributed by atoms with Gasteiger partial charge in [-0.25, -0.2) is 4.98 Å². The lowest BCUT2D eigenvalue weighted by molar-refractivity contribution is 0.620. The van der Waals surface area contributed by atoms with Gasteiger partial charge in [0.1, 0.15) is 5.52 Å². The third-order valence-electron chi connectivity index (χ3n) is 9.81. The van der Waals surface area contributed by atoms with Gasteiger partial charge in [0.2, 0.25) is 5.89 Å². The number of rotatable bonds is 6. The highest BCUT2D eigenvalue weighted by molar-refractivity contribution is 6.09. The molecule has 0 bridgehead atoms. The fourth-order valence-electron chi connectivity index (χ4n) is 7.45. The van der Waals surface area contributed by atoms with Gasteiger partial charge in [-0.05, 0) is 83.7 Å². The van der Waals surface area contributed by atoms with Gasteiger partial charge in [0.15, 0.2) is 5.58 Å². The van der Waals surface area contributed by atoms with Crippen molar-refractivity contribution in [3.8, 4) is 28.3 Å². The van der Waals surface area contributed by atoms with E-state index >= 15 is 0 Å². The summed E-state index contributed by atoms with van der Waals surface area (Å²) in [5.41, 5.74) is 11.6. The lowest BCUT2D eigenvalue weighted by atomic mass is 10.0. The van der Waals surface area contributed by atoms with Gasteiger partial charge in [-0.2, -0.15) is 0 Å². The zero-order valence-corrected chi connectivity index (χ0v) is 27.6. The third kappa shape index (κ3) is 4.88. The highest BCUT2D eigenvalue weighted by atomic mass is 16.3. The van der Waals surface area contributed by atoms with Gasteiger partial charge in [-0.3, -0.25) is 0 Å². The molecule has 8 aromatic carbocycles. The Bertz CT molecular complexity index is 2800. The van der Waals surface area contributed by atoms with Gasteiger partial charge < -0.3 is 13.9 Å². The molecule has 0 saturated heterocycles. The molecule has 2 heterocycles. The maximum atomic E-state index is 6.29. The molecule has 0 aliphatic carbocycles. The normalized spacial score (nSPS) is 11.5. The van der Waals surface area contributed by atoms with Crippen molar-refractivity contribution in [3.63, 3.8) is 0 Å². The first-order valence-corrected chi connectivity index (χ1v) is 17.2. The van der Waals surface area contributed by atoms with Gasteiger partial charge in [0, 0.05) is 44.3 Å². The summed E-state index contributed by atoms with van der Waals surface area (Å²) in [5.74, 6) is 0.621. The van der Waals surface area contributed by atoms with Gasteiger partial charge in [-0.15, -0.1) is 0 Å². The van der Waals surface area contributed by atoms with E-state index < -0.39 is 0 Å². The highest BCUT2D eigenvalue weighted by Gasteiger charge is 2.20. The minimum atomic E-state index is 0.621. The second-order valence-corrected chi connectivity index (χ2v) is 12.8. The fourth-order valence-corrected chi connectivity index (χ4v) is 7.45. The second kappa shape index (κ2) is 11.9. The minimum Gasteiger partial charge on any atom is -0.436 e. The summed E-state index contributed by atoms with van der Waals surface area (Å²) in [4.78, 5) is 7.38. The van der Waals surface area contributed by atoms with Crippen molar-refractivity contribution in [1.82, 2.24) is 9.55 Å². The van der Waals surface area contributed by atoms with Crippen LogP contribution in [0.15, 0.2) is 192 Å². The molecule has 0 aliphatic heterocycles. The molecule has 0 spiro atoms. The van der Waals surface area contributed by atoms with Gasteiger partial charge in [0.05, 0.1) is 16.7 Å². The smallest absolute Gasteiger partial charge is 0.227 e. The molecule has 240 valence electrons. The number of aromatic nitrogens is 2. The summed E-state index contributed by atoms with van der Waals surface area (Å²) in [7, 11) is 0. The van der Waals surface area contributed by atoms with Crippen LogP contribution in [0.4, 0.5) is 17.1 Å². The van der Waals surface area contributed by atoms with Crippen LogP contribution >= 0.6 is 0 Å². The topological polar surface area (TPSA) is 34.2 Å². The summed E-state index contributed by atoms with van der Waals surface area (Å²) in [6, 6.07) is 66.3. The van der Waals surface area contributed by atoms with Crippen molar-refractivity contribution in [2.45, 2.75) is 0 Å². The molecular weight excluding hydrogens is 623 g/mol. The molecule has 0 radical (unpaired) electrons.